The van der Waals surface area contributed by atoms with Gasteiger partial charge in [0.15, 0.2) is 0 Å². The minimum Gasteiger partial charge on any atom is -0.466 e. The first kappa shape index (κ1) is 13.6. The lowest BCUT2D eigenvalue weighted by atomic mass is 10.2. The van der Waals surface area contributed by atoms with E-state index in [9.17, 15) is 9.59 Å². The summed E-state index contributed by atoms with van der Waals surface area (Å²) in [5.41, 5.74) is 0. The molecule has 72 valence electrons. The molecule has 0 aliphatic carbocycles. The number of hydrogen-bond donors (Lipinski definition) is 0. The zero-order valence-corrected chi connectivity index (χ0v) is 7.46. The fraction of sp³-hybridized carbons (Fsp3) is 0.750. The van der Waals surface area contributed by atoms with Crippen LogP contribution in [-0.2, 0) is 14.3 Å². The van der Waals surface area contributed by atoms with Crippen LogP contribution in [0.2, 0.25) is 0 Å². The molecule has 4 heteroatoms. The highest BCUT2D eigenvalue weighted by atomic mass is 19.0. The molecular formula is C8H15FO3. The molecule has 0 aromatic heterocycles. The summed E-state index contributed by atoms with van der Waals surface area (Å²) >= 11 is 0. The Bertz CT molecular complexity index is 129. The van der Waals surface area contributed by atoms with Crippen molar-refractivity contribution >= 4 is 11.8 Å². The zero-order valence-electron chi connectivity index (χ0n) is 7.46. The Morgan fingerprint density at radius 2 is 1.83 bits per heavy atom. The fourth-order valence-electron chi connectivity index (χ4n) is 0.740. The molecule has 0 saturated heterocycles. The van der Waals surface area contributed by atoms with E-state index in [0.29, 0.717) is 13.0 Å². The van der Waals surface area contributed by atoms with E-state index in [1.807, 2.05) is 6.92 Å². The van der Waals surface area contributed by atoms with E-state index in [2.05, 4.69) is 4.74 Å². The normalized spacial score (nSPS) is 8.50. The lowest BCUT2D eigenvalue weighted by Gasteiger charge is -1.98. The highest BCUT2D eigenvalue weighted by molar-refractivity contribution is 5.95. The molecule has 0 atom stereocenters. The van der Waals surface area contributed by atoms with Gasteiger partial charge in [-0.3, -0.25) is 14.3 Å². The van der Waals surface area contributed by atoms with Gasteiger partial charge >= 0.3 is 5.97 Å². The maximum Gasteiger partial charge on any atom is 0.313 e. The van der Waals surface area contributed by atoms with Crippen molar-refractivity contribution in [3.63, 3.8) is 0 Å². The SMILES string of the molecule is CCCC(=O)CC(=O)OCC.F. The van der Waals surface area contributed by atoms with E-state index in [0.717, 1.165) is 6.42 Å². The summed E-state index contributed by atoms with van der Waals surface area (Å²) in [5.74, 6) is -0.447. The number of hydrogen-bond acceptors (Lipinski definition) is 3. The number of ketones is 1. The molecule has 0 spiro atoms. The fourth-order valence-corrected chi connectivity index (χ4v) is 0.740. The maximum absolute atomic E-state index is 10.8. The van der Waals surface area contributed by atoms with Crippen LogP contribution in [0.25, 0.3) is 0 Å². The standard InChI is InChI=1S/C8H14O3.FH/c1-3-5-7(9)6-8(10)11-4-2;/h3-6H2,1-2H3;1H. The molecule has 0 bridgehead atoms. The summed E-state index contributed by atoms with van der Waals surface area (Å²) in [4.78, 5) is 21.5. The van der Waals surface area contributed by atoms with Crippen LogP contribution >= 0.6 is 0 Å². The monoisotopic (exact) mass is 178 g/mol. The number of esters is 1. The smallest absolute Gasteiger partial charge is 0.313 e. The number of carbonyl (C=O) groups is 2. The minimum atomic E-state index is -0.411. The maximum atomic E-state index is 10.8. The van der Waals surface area contributed by atoms with Crippen LogP contribution < -0.4 is 0 Å². The van der Waals surface area contributed by atoms with Crippen molar-refractivity contribution in [1.82, 2.24) is 0 Å². The molecule has 0 aromatic rings. The van der Waals surface area contributed by atoms with E-state index in [4.69, 9.17) is 0 Å². The van der Waals surface area contributed by atoms with Gasteiger partial charge in [0.25, 0.3) is 0 Å². The number of halogens is 1. The Morgan fingerprint density at radius 1 is 1.25 bits per heavy atom. The molecule has 0 amide bonds. The highest BCUT2D eigenvalue weighted by Gasteiger charge is 2.07. The van der Waals surface area contributed by atoms with Gasteiger partial charge < -0.3 is 4.74 Å². The van der Waals surface area contributed by atoms with E-state index >= 15 is 0 Å². The Labute approximate surface area is 71.5 Å². The molecule has 0 radical (unpaired) electrons. The molecule has 0 aromatic carbocycles. The van der Waals surface area contributed by atoms with E-state index < -0.39 is 5.97 Å². The van der Waals surface area contributed by atoms with Crippen LogP contribution in [0.15, 0.2) is 0 Å². The Balaban J connectivity index is 0. The van der Waals surface area contributed by atoms with Crippen molar-refractivity contribution in [3.05, 3.63) is 0 Å². The van der Waals surface area contributed by atoms with Crippen molar-refractivity contribution in [3.8, 4) is 0 Å². The molecule has 0 aliphatic heterocycles. The van der Waals surface area contributed by atoms with Crippen molar-refractivity contribution in [1.29, 1.82) is 0 Å². The molecule has 0 aliphatic rings. The quantitative estimate of drug-likeness (QED) is 0.473. The first-order valence-corrected chi connectivity index (χ1v) is 3.88. The van der Waals surface area contributed by atoms with Gasteiger partial charge in [-0.1, -0.05) is 6.92 Å². The predicted octanol–water partition coefficient (Wildman–Crippen LogP) is 1.46. The first-order chi connectivity index (χ1) is 5.20. The van der Waals surface area contributed by atoms with Crippen LogP contribution in [0.3, 0.4) is 0 Å². The number of Topliss-reactive ketones (excluding diaryl/α,β-unsaturated/α-hetero) is 1. The number of carbonyl (C=O) groups excluding carboxylic acids is 2. The van der Waals surface area contributed by atoms with Gasteiger partial charge in [-0.2, -0.15) is 0 Å². The third-order valence-electron chi connectivity index (χ3n) is 1.18. The predicted molar refractivity (Wildman–Crippen MR) is 43.7 cm³/mol. The summed E-state index contributed by atoms with van der Waals surface area (Å²) in [6.07, 6.45) is 1.19. The van der Waals surface area contributed by atoms with Crippen molar-refractivity contribution in [2.45, 2.75) is 33.1 Å². The average molecular weight is 178 g/mol. The zero-order chi connectivity index (χ0) is 8.69. The summed E-state index contributed by atoms with van der Waals surface area (Å²) in [7, 11) is 0. The van der Waals surface area contributed by atoms with E-state index in [1.165, 1.54) is 0 Å². The summed E-state index contributed by atoms with van der Waals surface area (Å²) in [5, 5.41) is 0. The molecule has 0 unspecified atom stereocenters. The second kappa shape index (κ2) is 8.17. The van der Waals surface area contributed by atoms with E-state index in [-0.39, 0.29) is 16.9 Å². The highest BCUT2D eigenvalue weighted by Crippen LogP contribution is 1.95. The average Bonchev–Trinajstić information content (AvgIpc) is 1.87. The molecule has 0 heterocycles. The summed E-state index contributed by atoms with van der Waals surface area (Å²) in [6.45, 7) is 3.98. The molecule has 0 rings (SSSR count). The molecule has 0 saturated carbocycles. The number of ether oxygens (including phenoxy) is 1. The van der Waals surface area contributed by atoms with Crippen LogP contribution in [0, 0.1) is 0 Å². The molecule has 0 fully saturated rings. The lowest BCUT2D eigenvalue weighted by Crippen LogP contribution is -2.10. The van der Waals surface area contributed by atoms with Gasteiger partial charge in [0.2, 0.25) is 0 Å². The van der Waals surface area contributed by atoms with Gasteiger partial charge in [-0.25, -0.2) is 0 Å². The Hall–Kier alpha value is -0.930. The second-order valence-corrected chi connectivity index (χ2v) is 2.27. The van der Waals surface area contributed by atoms with Gasteiger partial charge in [0, 0.05) is 6.42 Å². The van der Waals surface area contributed by atoms with Crippen LogP contribution in [0.5, 0.6) is 0 Å². The van der Waals surface area contributed by atoms with Gasteiger partial charge in [-0.15, -0.1) is 0 Å². The number of rotatable bonds is 5. The minimum absolute atomic E-state index is 0. The van der Waals surface area contributed by atoms with Crippen LogP contribution in [0.4, 0.5) is 4.70 Å². The molecule has 3 nitrogen and oxygen atoms in total. The Kier molecular flexibility index (Phi) is 9.29. The van der Waals surface area contributed by atoms with Crippen molar-refractivity contribution in [2.24, 2.45) is 0 Å². The third kappa shape index (κ3) is 7.18. The van der Waals surface area contributed by atoms with Gasteiger partial charge in [0.1, 0.15) is 12.2 Å². The Morgan fingerprint density at radius 3 is 2.25 bits per heavy atom. The van der Waals surface area contributed by atoms with Gasteiger partial charge in [0.05, 0.1) is 6.61 Å². The molecule has 0 N–H and O–H groups in total. The lowest BCUT2D eigenvalue weighted by molar-refractivity contribution is -0.145. The van der Waals surface area contributed by atoms with Crippen LogP contribution in [-0.4, -0.2) is 18.4 Å². The van der Waals surface area contributed by atoms with Crippen LogP contribution in [0.1, 0.15) is 33.1 Å². The summed E-state index contributed by atoms with van der Waals surface area (Å²) < 4.78 is 4.60. The molecule has 12 heavy (non-hydrogen) atoms. The second-order valence-electron chi connectivity index (χ2n) is 2.27. The van der Waals surface area contributed by atoms with E-state index in [1.54, 1.807) is 6.92 Å². The van der Waals surface area contributed by atoms with Crippen molar-refractivity contribution < 1.29 is 19.0 Å². The molecular weight excluding hydrogens is 163 g/mol. The largest absolute Gasteiger partial charge is 0.466 e. The topological polar surface area (TPSA) is 43.4 Å². The first-order valence-electron chi connectivity index (χ1n) is 3.88. The van der Waals surface area contributed by atoms with Gasteiger partial charge in [-0.05, 0) is 13.3 Å². The van der Waals surface area contributed by atoms with Crippen molar-refractivity contribution in [2.75, 3.05) is 6.61 Å². The summed E-state index contributed by atoms with van der Waals surface area (Å²) in [6, 6.07) is 0. The third-order valence-corrected chi connectivity index (χ3v) is 1.18.